The van der Waals surface area contributed by atoms with E-state index in [2.05, 4.69) is 5.32 Å². The molecule has 0 aromatic heterocycles. The lowest BCUT2D eigenvalue weighted by Crippen LogP contribution is -2.14. The van der Waals surface area contributed by atoms with Gasteiger partial charge in [0.25, 0.3) is 5.91 Å². The maximum absolute atomic E-state index is 13.1. The van der Waals surface area contributed by atoms with Gasteiger partial charge in [-0.2, -0.15) is 5.26 Å². The van der Waals surface area contributed by atoms with Crippen LogP contribution >= 0.6 is 0 Å². The Kier molecular flexibility index (Phi) is 3.94. The number of carbonyl (C=O) groups excluding carboxylic acids is 1. The van der Waals surface area contributed by atoms with Crippen LogP contribution in [0.25, 0.3) is 0 Å². The van der Waals surface area contributed by atoms with Crippen molar-refractivity contribution in [3.63, 3.8) is 0 Å². The zero-order chi connectivity index (χ0) is 15.6. The van der Waals surface area contributed by atoms with Gasteiger partial charge in [0.05, 0.1) is 11.6 Å². The van der Waals surface area contributed by atoms with Crippen LogP contribution in [0.2, 0.25) is 0 Å². The van der Waals surface area contributed by atoms with Crippen LogP contribution in [0.15, 0.2) is 30.3 Å². The number of nitriles is 1. The highest BCUT2D eigenvalue weighted by Crippen LogP contribution is 2.19. The van der Waals surface area contributed by atoms with Gasteiger partial charge >= 0.3 is 0 Å². The van der Waals surface area contributed by atoms with Gasteiger partial charge in [-0.3, -0.25) is 4.79 Å². The van der Waals surface area contributed by atoms with E-state index >= 15 is 0 Å². The number of rotatable bonds is 2. The van der Waals surface area contributed by atoms with Gasteiger partial charge in [-0.15, -0.1) is 0 Å². The summed E-state index contributed by atoms with van der Waals surface area (Å²) >= 11 is 0. The predicted octanol–water partition coefficient (Wildman–Crippen LogP) is 3.54. The quantitative estimate of drug-likeness (QED) is 0.860. The van der Waals surface area contributed by atoms with Crippen molar-refractivity contribution in [2.45, 2.75) is 6.92 Å². The van der Waals surface area contributed by atoms with Crippen LogP contribution in [0.4, 0.5) is 18.9 Å². The van der Waals surface area contributed by atoms with Crippen LogP contribution in [-0.2, 0) is 0 Å². The van der Waals surface area contributed by atoms with E-state index in [0.717, 1.165) is 0 Å². The minimum Gasteiger partial charge on any atom is -0.322 e. The molecule has 0 aliphatic rings. The summed E-state index contributed by atoms with van der Waals surface area (Å²) in [5.41, 5.74) is 0.982. The first kappa shape index (κ1) is 14.6. The van der Waals surface area contributed by atoms with Crippen molar-refractivity contribution in [3.05, 3.63) is 64.5 Å². The van der Waals surface area contributed by atoms with Crippen molar-refractivity contribution in [3.8, 4) is 6.07 Å². The summed E-state index contributed by atoms with van der Waals surface area (Å²) in [6.45, 7) is 1.70. The smallest absolute Gasteiger partial charge is 0.255 e. The predicted molar refractivity (Wildman–Crippen MR) is 70.2 cm³/mol. The molecule has 0 bridgehead atoms. The summed E-state index contributed by atoms with van der Waals surface area (Å²) in [4.78, 5) is 11.9. The Morgan fingerprint density at radius 2 is 1.76 bits per heavy atom. The van der Waals surface area contributed by atoms with Crippen LogP contribution < -0.4 is 5.32 Å². The molecule has 1 N–H and O–H groups in total. The van der Waals surface area contributed by atoms with Crippen molar-refractivity contribution in [1.29, 1.82) is 5.26 Å². The molecule has 1 amide bonds. The molecule has 0 spiro atoms. The Hall–Kier alpha value is -2.81. The molecule has 0 aliphatic carbocycles. The van der Waals surface area contributed by atoms with Crippen molar-refractivity contribution >= 4 is 11.6 Å². The lowest BCUT2D eigenvalue weighted by atomic mass is 10.1. The third-order valence-electron chi connectivity index (χ3n) is 2.86. The van der Waals surface area contributed by atoms with E-state index in [0.29, 0.717) is 28.9 Å². The number of anilines is 1. The normalized spacial score (nSPS) is 10.0. The fraction of sp³-hybridized carbons (Fsp3) is 0.0667. The van der Waals surface area contributed by atoms with Gasteiger partial charge in [0.15, 0.2) is 17.5 Å². The Bertz CT molecular complexity index is 743. The van der Waals surface area contributed by atoms with Gasteiger partial charge < -0.3 is 5.32 Å². The highest BCUT2D eigenvalue weighted by atomic mass is 19.2. The molecule has 0 aliphatic heterocycles. The first-order valence-electron chi connectivity index (χ1n) is 5.89. The molecule has 2 rings (SSSR count). The van der Waals surface area contributed by atoms with E-state index in [1.807, 2.05) is 6.07 Å². The molecule has 2 aromatic rings. The maximum Gasteiger partial charge on any atom is 0.255 e. The second-order valence-electron chi connectivity index (χ2n) is 4.35. The molecule has 0 saturated carbocycles. The van der Waals surface area contributed by atoms with Crippen LogP contribution in [0.1, 0.15) is 21.5 Å². The lowest BCUT2D eigenvalue weighted by molar-refractivity contribution is 0.102. The zero-order valence-corrected chi connectivity index (χ0v) is 10.9. The Balaban J connectivity index is 2.33. The number of nitrogens with zero attached hydrogens (tertiary/aromatic N) is 1. The fourth-order valence-corrected chi connectivity index (χ4v) is 1.71. The van der Waals surface area contributed by atoms with Gasteiger partial charge in [0.2, 0.25) is 0 Å². The largest absolute Gasteiger partial charge is 0.322 e. The molecular formula is C15H9F3N2O. The van der Waals surface area contributed by atoms with Gasteiger partial charge in [-0.25, -0.2) is 13.2 Å². The van der Waals surface area contributed by atoms with Crippen molar-refractivity contribution in [2.24, 2.45) is 0 Å². The first-order valence-corrected chi connectivity index (χ1v) is 5.89. The van der Waals surface area contributed by atoms with Gasteiger partial charge in [-0.05, 0) is 36.8 Å². The van der Waals surface area contributed by atoms with E-state index in [9.17, 15) is 18.0 Å². The highest BCUT2D eigenvalue weighted by molar-refractivity contribution is 6.04. The minimum atomic E-state index is -1.63. The molecule has 0 atom stereocenters. The monoisotopic (exact) mass is 290 g/mol. The number of nitrogens with one attached hydrogen (secondary N) is 1. The van der Waals surface area contributed by atoms with Crippen molar-refractivity contribution in [2.75, 3.05) is 5.32 Å². The summed E-state index contributed by atoms with van der Waals surface area (Å²) in [5, 5.41) is 11.2. The summed E-state index contributed by atoms with van der Waals surface area (Å²) in [6, 6.07) is 7.76. The SMILES string of the molecule is Cc1ccc(C#N)cc1NC(=O)c1cc(F)c(F)c(F)c1. The molecule has 0 saturated heterocycles. The van der Waals surface area contributed by atoms with Crippen molar-refractivity contribution in [1.82, 2.24) is 0 Å². The molecular weight excluding hydrogens is 281 g/mol. The van der Waals surface area contributed by atoms with E-state index in [-0.39, 0.29) is 5.56 Å². The van der Waals surface area contributed by atoms with Gasteiger partial charge in [-0.1, -0.05) is 6.07 Å². The molecule has 2 aromatic carbocycles. The number of hydrogen-bond acceptors (Lipinski definition) is 2. The Labute approximate surface area is 118 Å². The molecule has 6 heteroatoms. The third-order valence-corrected chi connectivity index (χ3v) is 2.86. The number of carbonyl (C=O) groups is 1. The van der Waals surface area contributed by atoms with Crippen LogP contribution in [0, 0.1) is 35.7 Å². The molecule has 106 valence electrons. The van der Waals surface area contributed by atoms with Gasteiger partial charge in [0, 0.05) is 11.3 Å². The van der Waals surface area contributed by atoms with E-state index in [4.69, 9.17) is 5.26 Å². The van der Waals surface area contributed by atoms with E-state index < -0.39 is 23.4 Å². The number of benzene rings is 2. The summed E-state index contributed by atoms with van der Waals surface area (Å²) in [7, 11) is 0. The van der Waals surface area contributed by atoms with Crippen molar-refractivity contribution < 1.29 is 18.0 Å². The molecule has 0 unspecified atom stereocenters. The average molecular weight is 290 g/mol. The standard InChI is InChI=1S/C15H9F3N2O/c1-8-2-3-9(7-19)4-13(8)20-15(21)10-5-11(16)14(18)12(17)6-10/h2-6H,1H3,(H,20,21). The molecule has 0 heterocycles. The number of aryl methyl sites for hydroxylation is 1. The van der Waals surface area contributed by atoms with Crippen LogP contribution in [-0.4, -0.2) is 5.91 Å². The second kappa shape index (κ2) is 5.67. The average Bonchev–Trinajstić information content (AvgIpc) is 2.46. The summed E-state index contributed by atoms with van der Waals surface area (Å²) in [6.07, 6.45) is 0. The topological polar surface area (TPSA) is 52.9 Å². The van der Waals surface area contributed by atoms with Gasteiger partial charge in [0.1, 0.15) is 0 Å². The zero-order valence-electron chi connectivity index (χ0n) is 10.9. The Morgan fingerprint density at radius 3 is 2.33 bits per heavy atom. The van der Waals surface area contributed by atoms with Crippen LogP contribution in [0.5, 0.6) is 0 Å². The first-order chi connectivity index (χ1) is 9.92. The number of hydrogen-bond donors (Lipinski definition) is 1. The van der Waals surface area contributed by atoms with Crippen LogP contribution in [0.3, 0.4) is 0 Å². The van der Waals surface area contributed by atoms with E-state index in [1.54, 1.807) is 19.1 Å². The number of amides is 1. The molecule has 21 heavy (non-hydrogen) atoms. The number of halogens is 3. The summed E-state index contributed by atoms with van der Waals surface area (Å²) in [5.74, 6) is -5.31. The minimum absolute atomic E-state index is 0.326. The molecule has 0 fully saturated rings. The highest BCUT2D eigenvalue weighted by Gasteiger charge is 2.15. The van der Waals surface area contributed by atoms with E-state index in [1.165, 1.54) is 6.07 Å². The molecule has 3 nitrogen and oxygen atoms in total. The lowest BCUT2D eigenvalue weighted by Gasteiger charge is -2.09. The third kappa shape index (κ3) is 3.03. The summed E-state index contributed by atoms with van der Waals surface area (Å²) < 4.78 is 39.0. The second-order valence-corrected chi connectivity index (χ2v) is 4.35. The molecule has 0 radical (unpaired) electrons. The Morgan fingerprint density at radius 1 is 1.14 bits per heavy atom. The maximum atomic E-state index is 13.1. The fourth-order valence-electron chi connectivity index (χ4n) is 1.71.